The van der Waals surface area contributed by atoms with Crippen LogP contribution in [0, 0.1) is 0 Å². The van der Waals surface area contributed by atoms with Crippen molar-refractivity contribution >= 4 is 51.7 Å². The Balaban J connectivity index is 1.87. The van der Waals surface area contributed by atoms with Crippen LogP contribution in [0.3, 0.4) is 0 Å². The first-order chi connectivity index (χ1) is 13.6. The average molecular weight is 438 g/mol. The summed E-state index contributed by atoms with van der Waals surface area (Å²) in [6, 6.07) is 13.2. The van der Waals surface area contributed by atoms with Gasteiger partial charge < -0.3 is 14.8 Å². The number of halogens is 2. The maximum atomic E-state index is 6.33. The number of fused-ring (bicyclic) bond motifs is 1. The van der Waals surface area contributed by atoms with Crippen LogP contribution in [0.5, 0.6) is 0 Å². The van der Waals surface area contributed by atoms with Gasteiger partial charge in [-0.05, 0) is 24.3 Å². The second-order valence-electron chi connectivity index (χ2n) is 5.98. The Morgan fingerprint density at radius 1 is 1.11 bits per heavy atom. The van der Waals surface area contributed by atoms with Gasteiger partial charge in [-0.2, -0.15) is 0 Å². The summed E-state index contributed by atoms with van der Waals surface area (Å²) in [4.78, 5) is 9.29. The quantitative estimate of drug-likeness (QED) is 0.272. The molecule has 3 rings (SSSR count). The highest BCUT2D eigenvalue weighted by atomic mass is 35.5. The third kappa shape index (κ3) is 5.27. The average Bonchev–Trinajstić information content (AvgIpc) is 2.70. The highest BCUT2D eigenvalue weighted by Crippen LogP contribution is 2.29. The molecule has 28 heavy (non-hydrogen) atoms. The van der Waals surface area contributed by atoms with Gasteiger partial charge in [-0.3, -0.25) is 0 Å². The molecule has 1 aromatic heterocycles. The SMILES string of the molecule is COCCSc1nc(NCC(OC)c2ccccc2Cl)c2cc(Cl)ccc2n1. The van der Waals surface area contributed by atoms with E-state index in [1.54, 1.807) is 26.0 Å². The number of nitrogens with one attached hydrogen (secondary N) is 1. The Morgan fingerprint density at radius 3 is 2.68 bits per heavy atom. The third-order valence-corrected chi connectivity index (χ3v) is 5.54. The molecule has 0 bridgehead atoms. The van der Waals surface area contributed by atoms with E-state index < -0.39 is 0 Å². The molecule has 0 aliphatic rings. The fourth-order valence-corrected chi connectivity index (χ4v) is 3.92. The maximum Gasteiger partial charge on any atom is 0.190 e. The largest absolute Gasteiger partial charge is 0.384 e. The van der Waals surface area contributed by atoms with Crippen LogP contribution in [0.15, 0.2) is 47.6 Å². The van der Waals surface area contributed by atoms with E-state index in [9.17, 15) is 0 Å². The Morgan fingerprint density at radius 2 is 1.93 bits per heavy atom. The van der Waals surface area contributed by atoms with Crippen molar-refractivity contribution in [3.05, 3.63) is 58.1 Å². The first-order valence-corrected chi connectivity index (χ1v) is 10.5. The molecular formula is C20H21Cl2N3O2S. The number of methoxy groups -OCH3 is 2. The van der Waals surface area contributed by atoms with Gasteiger partial charge in [0.25, 0.3) is 0 Å². The first kappa shape index (κ1) is 21.1. The van der Waals surface area contributed by atoms with Gasteiger partial charge in [-0.1, -0.05) is 53.2 Å². The highest BCUT2D eigenvalue weighted by molar-refractivity contribution is 7.99. The third-order valence-electron chi connectivity index (χ3n) is 4.15. The molecule has 3 aromatic rings. The van der Waals surface area contributed by atoms with Crippen LogP contribution in [-0.4, -0.2) is 43.1 Å². The molecule has 0 radical (unpaired) electrons. The van der Waals surface area contributed by atoms with Crippen LogP contribution in [0.1, 0.15) is 11.7 Å². The molecule has 1 unspecified atom stereocenters. The van der Waals surface area contributed by atoms with Crippen molar-refractivity contribution < 1.29 is 9.47 Å². The van der Waals surface area contributed by atoms with Crippen molar-refractivity contribution in [3.63, 3.8) is 0 Å². The fraction of sp³-hybridized carbons (Fsp3) is 0.300. The van der Waals surface area contributed by atoms with Gasteiger partial charge in [0.1, 0.15) is 11.9 Å². The summed E-state index contributed by atoms with van der Waals surface area (Å²) >= 11 is 14.1. The standard InChI is InChI=1S/C20H21Cl2N3O2S/c1-26-9-10-28-20-24-17-8-7-13(21)11-15(17)19(25-20)23-12-18(27-2)14-5-3-4-6-16(14)22/h3-8,11,18H,9-10,12H2,1-2H3,(H,23,24,25). The predicted octanol–water partition coefficient (Wildman–Crippen LogP) is 5.47. The van der Waals surface area contributed by atoms with E-state index in [4.69, 9.17) is 32.7 Å². The molecule has 1 N–H and O–H groups in total. The van der Waals surface area contributed by atoms with Gasteiger partial charge in [0.15, 0.2) is 5.16 Å². The maximum absolute atomic E-state index is 6.33. The number of nitrogens with zero attached hydrogens (tertiary/aromatic N) is 2. The predicted molar refractivity (Wildman–Crippen MR) is 117 cm³/mol. The van der Waals surface area contributed by atoms with E-state index >= 15 is 0 Å². The van der Waals surface area contributed by atoms with Crippen molar-refractivity contribution in [1.82, 2.24) is 9.97 Å². The molecule has 0 amide bonds. The molecule has 5 nitrogen and oxygen atoms in total. The number of aromatic nitrogens is 2. The van der Waals surface area contributed by atoms with Crippen molar-refractivity contribution in [1.29, 1.82) is 0 Å². The summed E-state index contributed by atoms with van der Waals surface area (Å²) in [7, 11) is 3.34. The number of ether oxygens (including phenoxy) is 2. The molecule has 2 aromatic carbocycles. The summed E-state index contributed by atoms with van der Waals surface area (Å²) < 4.78 is 10.8. The van der Waals surface area contributed by atoms with Gasteiger partial charge in [0.2, 0.25) is 0 Å². The zero-order chi connectivity index (χ0) is 19.9. The minimum Gasteiger partial charge on any atom is -0.384 e. The van der Waals surface area contributed by atoms with Crippen LogP contribution in [0.2, 0.25) is 10.0 Å². The molecule has 0 aliphatic heterocycles. The van der Waals surface area contributed by atoms with E-state index in [1.165, 1.54) is 0 Å². The molecular weight excluding hydrogens is 417 g/mol. The number of hydrogen-bond acceptors (Lipinski definition) is 6. The van der Waals surface area contributed by atoms with Gasteiger partial charge in [0.05, 0.1) is 12.1 Å². The minimum absolute atomic E-state index is 0.220. The van der Waals surface area contributed by atoms with Crippen molar-refractivity contribution in [2.24, 2.45) is 0 Å². The lowest BCUT2D eigenvalue weighted by molar-refractivity contribution is 0.114. The zero-order valence-corrected chi connectivity index (χ0v) is 17.9. The molecule has 0 aliphatic carbocycles. The van der Waals surface area contributed by atoms with E-state index in [1.807, 2.05) is 42.5 Å². The van der Waals surface area contributed by atoms with E-state index in [2.05, 4.69) is 15.3 Å². The summed E-state index contributed by atoms with van der Waals surface area (Å²) in [5.41, 5.74) is 1.75. The van der Waals surface area contributed by atoms with Crippen molar-refractivity contribution in [2.75, 3.05) is 38.4 Å². The van der Waals surface area contributed by atoms with Crippen LogP contribution in [0.4, 0.5) is 5.82 Å². The molecule has 0 spiro atoms. The van der Waals surface area contributed by atoms with E-state index in [0.717, 1.165) is 22.2 Å². The van der Waals surface area contributed by atoms with Crippen LogP contribution >= 0.6 is 35.0 Å². The molecule has 8 heteroatoms. The van der Waals surface area contributed by atoms with E-state index in [-0.39, 0.29) is 6.10 Å². The minimum atomic E-state index is -0.220. The van der Waals surface area contributed by atoms with Gasteiger partial charge in [-0.25, -0.2) is 9.97 Å². The number of thioether (sulfide) groups is 1. The second kappa shape index (κ2) is 10.3. The second-order valence-corrected chi connectivity index (χ2v) is 7.89. The topological polar surface area (TPSA) is 56.3 Å². The van der Waals surface area contributed by atoms with Crippen LogP contribution in [-0.2, 0) is 9.47 Å². The van der Waals surface area contributed by atoms with Gasteiger partial charge >= 0.3 is 0 Å². The van der Waals surface area contributed by atoms with E-state index in [0.29, 0.717) is 34.2 Å². The summed E-state index contributed by atoms with van der Waals surface area (Å²) in [6.07, 6.45) is -0.220. The fourth-order valence-electron chi connectivity index (χ4n) is 2.74. The van der Waals surface area contributed by atoms with Crippen LogP contribution in [0.25, 0.3) is 10.9 Å². The number of benzene rings is 2. The monoisotopic (exact) mass is 437 g/mol. The van der Waals surface area contributed by atoms with Gasteiger partial charge in [0, 0.05) is 47.5 Å². The molecule has 0 saturated heterocycles. The summed E-state index contributed by atoms with van der Waals surface area (Å²) in [5, 5.41) is 6.23. The normalized spacial score (nSPS) is 12.3. The number of hydrogen-bond donors (Lipinski definition) is 1. The van der Waals surface area contributed by atoms with Crippen molar-refractivity contribution in [3.8, 4) is 0 Å². The Hall–Kier alpha value is -1.57. The lowest BCUT2D eigenvalue weighted by Crippen LogP contribution is -2.16. The summed E-state index contributed by atoms with van der Waals surface area (Å²) in [5.74, 6) is 1.48. The highest BCUT2D eigenvalue weighted by Gasteiger charge is 2.16. The van der Waals surface area contributed by atoms with Crippen LogP contribution < -0.4 is 5.32 Å². The lowest BCUT2D eigenvalue weighted by atomic mass is 10.1. The Bertz CT molecular complexity index is 942. The first-order valence-electron chi connectivity index (χ1n) is 8.72. The molecule has 148 valence electrons. The van der Waals surface area contributed by atoms with Gasteiger partial charge in [-0.15, -0.1) is 0 Å². The number of anilines is 1. The molecule has 0 fully saturated rings. The molecule has 1 atom stereocenters. The lowest BCUT2D eigenvalue weighted by Gasteiger charge is -2.19. The Labute approximate surface area is 178 Å². The molecule has 1 heterocycles. The number of rotatable bonds is 9. The molecule has 0 saturated carbocycles. The zero-order valence-electron chi connectivity index (χ0n) is 15.6. The van der Waals surface area contributed by atoms with Crippen molar-refractivity contribution in [2.45, 2.75) is 11.3 Å². The summed E-state index contributed by atoms with van der Waals surface area (Å²) in [6.45, 7) is 1.13. The smallest absolute Gasteiger partial charge is 0.190 e. The Kier molecular flexibility index (Phi) is 7.76.